The number of carbonyl (C=O) groups excluding carboxylic acids is 1. The number of rotatable bonds is 4. The molecule has 1 amide bonds. The lowest BCUT2D eigenvalue weighted by Gasteiger charge is -1.92. The number of carbonyl (C=O) groups is 1. The highest BCUT2D eigenvalue weighted by Crippen LogP contribution is 2.04. The van der Waals surface area contributed by atoms with E-state index in [4.69, 9.17) is 14.5 Å². The van der Waals surface area contributed by atoms with Crippen LogP contribution in [0, 0.1) is 11.3 Å². The summed E-state index contributed by atoms with van der Waals surface area (Å²) in [7, 11) is 1.51. The predicted octanol–water partition coefficient (Wildman–Crippen LogP) is 0.0744. The third kappa shape index (κ3) is 2.57. The van der Waals surface area contributed by atoms with Crippen LogP contribution in [-0.4, -0.2) is 24.7 Å². The van der Waals surface area contributed by atoms with Crippen molar-refractivity contribution < 1.29 is 14.1 Å². The minimum Gasteiger partial charge on any atom is -0.377 e. The van der Waals surface area contributed by atoms with Crippen LogP contribution in [0.5, 0.6) is 0 Å². The van der Waals surface area contributed by atoms with E-state index in [1.807, 2.05) is 0 Å². The number of amides is 1. The molecule has 1 rings (SSSR count). The summed E-state index contributed by atoms with van der Waals surface area (Å²) in [5.74, 6) is 0.0345. The Kier molecular flexibility index (Phi) is 3.64. The Balaban J connectivity index is 2.58. The molecule has 0 radical (unpaired) electrons. The van der Waals surface area contributed by atoms with E-state index < -0.39 is 5.91 Å². The fourth-order valence-electron chi connectivity index (χ4n) is 0.841. The number of aromatic nitrogens is 1. The van der Waals surface area contributed by atoms with Crippen LogP contribution in [0.1, 0.15) is 16.2 Å². The lowest BCUT2D eigenvalue weighted by Crippen LogP contribution is -2.23. The van der Waals surface area contributed by atoms with Crippen LogP contribution in [0.25, 0.3) is 0 Å². The summed E-state index contributed by atoms with van der Waals surface area (Å²) in [6.07, 6.45) is 0. The summed E-state index contributed by atoms with van der Waals surface area (Å²) in [6.45, 7) is 0.212. The fraction of sp³-hybridized carbons (Fsp3) is 0.375. The number of ether oxygens (including phenoxy) is 1. The van der Waals surface area contributed by atoms with Crippen molar-refractivity contribution in [2.24, 2.45) is 0 Å². The fourth-order valence-corrected chi connectivity index (χ4v) is 0.841. The van der Waals surface area contributed by atoms with Gasteiger partial charge in [0.15, 0.2) is 11.5 Å². The van der Waals surface area contributed by atoms with Crippen LogP contribution < -0.4 is 5.32 Å². The molecule has 0 atom stereocenters. The summed E-state index contributed by atoms with van der Waals surface area (Å²) in [5.41, 5.74) is 0.146. The third-order valence-electron chi connectivity index (χ3n) is 1.41. The first kappa shape index (κ1) is 10.2. The van der Waals surface area contributed by atoms with E-state index in [0.29, 0.717) is 5.76 Å². The molecule has 1 heterocycles. The van der Waals surface area contributed by atoms with Crippen LogP contribution in [0.4, 0.5) is 0 Å². The minimum absolute atomic E-state index is 0.0503. The van der Waals surface area contributed by atoms with Gasteiger partial charge in [0.25, 0.3) is 5.91 Å². The molecule has 0 aromatic carbocycles. The Hall–Kier alpha value is -1.87. The lowest BCUT2D eigenvalue weighted by atomic mass is 10.3. The minimum atomic E-state index is -0.433. The monoisotopic (exact) mass is 195 g/mol. The summed E-state index contributed by atoms with van der Waals surface area (Å²) >= 11 is 0. The van der Waals surface area contributed by atoms with Crippen LogP contribution in [0.2, 0.25) is 0 Å². The van der Waals surface area contributed by atoms with Gasteiger partial charge in [-0.1, -0.05) is 5.16 Å². The quantitative estimate of drug-likeness (QED) is 0.687. The zero-order valence-electron chi connectivity index (χ0n) is 7.61. The highest BCUT2D eigenvalue weighted by atomic mass is 16.5. The molecule has 74 valence electrons. The molecule has 1 aromatic rings. The summed E-state index contributed by atoms with van der Waals surface area (Å²) in [4.78, 5) is 11.2. The molecule has 1 N–H and O–H groups in total. The first-order chi connectivity index (χ1) is 6.77. The SMILES string of the molecule is COCc1cc(C(=O)NCC#N)no1. The molecule has 6 nitrogen and oxygen atoms in total. The van der Waals surface area contributed by atoms with Gasteiger partial charge in [-0.2, -0.15) is 5.26 Å². The lowest BCUT2D eigenvalue weighted by molar-refractivity contribution is 0.0948. The Morgan fingerprint density at radius 1 is 1.86 bits per heavy atom. The highest BCUT2D eigenvalue weighted by Gasteiger charge is 2.11. The van der Waals surface area contributed by atoms with Gasteiger partial charge in [-0.05, 0) is 0 Å². The van der Waals surface area contributed by atoms with Crippen molar-refractivity contribution >= 4 is 5.91 Å². The molecule has 0 saturated carbocycles. The maximum Gasteiger partial charge on any atom is 0.274 e. The zero-order chi connectivity index (χ0) is 10.4. The molecular weight excluding hydrogens is 186 g/mol. The van der Waals surface area contributed by atoms with Crippen molar-refractivity contribution in [2.45, 2.75) is 6.61 Å². The second kappa shape index (κ2) is 4.99. The van der Waals surface area contributed by atoms with Gasteiger partial charge in [-0.15, -0.1) is 0 Å². The van der Waals surface area contributed by atoms with E-state index in [9.17, 15) is 4.79 Å². The van der Waals surface area contributed by atoms with Gasteiger partial charge in [-0.3, -0.25) is 4.79 Å². The van der Waals surface area contributed by atoms with Gasteiger partial charge in [0.1, 0.15) is 13.2 Å². The molecule has 0 saturated heterocycles. The third-order valence-corrected chi connectivity index (χ3v) is 1.41. The number of hydrogen-bond acceptors (Lipinski definition) is 5. The Bertz CT molecular complexity index is 353. The number of nitrogens with one attached hydrogen (secondary N) is 1. The van der Waals surface area contributed by atoms with Crippen molar-refractivity contribution in [2.75, 3.05) is 13.7 Å². The number of hydrogen-bond donors (Lipinski definition) is 1. The number of methoxy groups -OCH3 is 1. The maximum atomic E-state index is 11.2. The summed E-state index contributed by atoms with van der Waals surface area (Å²) in [5, 5.41) is 14.1. The first-order valence-corrected chi connectivity index (χ1v) is 3.87. The highest BCUT2D eigenvalue weighted by molar-refractivity contribution is 5.92. The smallest absolute Gasteiger partial charge is 0.274 e. The molecule has 0 aliphatic carbocycles. The molecule has 14 heavy (non-hydrogen) atoms. The van der Waals surface area contributed by atoms with Crippen molar-refractivity contribution in [3.8, 4) is 6.07 Å². The van der Waals surface area contributed by atoms with Crippen molar-refractivity contribution in [1.29, 1.82) is 5.26 Å². The maximum absolute atomic E-state index is 11.2. The van der Waals surface area contributed by atoms with Gasteiger partial charge in [0, 0.05) is 13.2 Å². The van der Waals surface area contributed by atoms with E-state index >= 15 is 0 Å². The van der Waals surface area contributed by atoms with E-state index in [-0.39, 0.29) is 18.8 Å². The van der Waals surface area contributed by atoms with E-state index in [2.05, 4.69) is 10.5 Å². The Morgan fingerprint density at radius 3 is 3.29 bits per heavy atom. The topological polar surface area (TPSA) is 88.1 Å². The standard InChI is InChI=1S/C8H9N3O3/c1-13-5-6-4-7(11-14-6)8(12)10-3-2-9/h4H,3,5H2,1H3,(H,10,12). The predicted molar refractivity (Wildman–Crippen MR) is 45.2 cm³/mol. The van der Waals surface area contributed by atoms with Gasteiger partial charge in [0.2, 0.25) is 0 Å². The molecule has 0 aliphatic heterocycles. The molecular formula is C8H9N3O3. The van der Waals surface area contributed by atoms with E-state index in [1.54, 1.807) is 6.07 Å². The average molecular weight is 195 g/mol. The Morgan fingerprint density at radius 2 is 2.64 bits per heavy atom. The van der Waals surface area contributed by atoms with Crippen LogP contribution in [0.3, 0.4) is 0 Å². The van der Waals surface area contributed by atoms with Gasteiger partial charge >= 0.3 is 0 Å². The number of nitrogens with zero attached hydrogens (tertiary/aromatic N) is 2. The van der Waals surface area contributed by atoms with Crippen LogP contribution in [-0.2, 0) is 11.3 Å². The molecule has 0 spiro atoms. The van der Waals surface area contributed by atoms with Gasteiger partial charge < -0.3 is 14.6 Å². The number of nitriles is 1. The van der Waals surface area contributed by atoms with Crippen LogP contribution >= 0.6 is 0 Å². The molecule has 0 bridgehead atoms. The van der Waals surface area contributed by atoms with Crippen molar-refractivity contribution in [3.63, 3.8) is 0 Å². The summed E-state index contributed by atoms with van der Waals surface area (Å²) in [6, 6.07) is 3.25. The molecule has 1 aromatic heterocycles. The van der Waals surface area contributed by atoms with Crippen molar-refractivity contribution in [1.82, 2.24) is 10.5 Å². The van der Waals surface area contributed by atoms with Crippen LogP contribution in [0.15, 0.2) is 10.6 Å². The summed E-state index contributed by atoms with van der Waals surface area (Å²) < 4.78 is 9.57. The van der Waals surface area contributed by atoms with Gasteiger partial charge in [-0.25, -0.2) is 0 Å². The zero-order valence-corrected chi connectivity index (χ0v) is 7.61. The normalized spacial score (nSPS) is 9.43. The van der Waals surface area contributed by atoms with E-state index in [1.165, 1.54) is 13.2 Å². The molecule has 0 aliphatic rings. The molecule has 0 fully saturated rings. The first-order valence-electron chi connectivity index (χ1n) is 3.87. The van der Waals surface area contributed by atoms with Gasteiger partial charge in [0.05, 0.1) is 6.07 Å². The molecule has 0 unspecified atom stereocenters. The largest absolute Gasteiger partial charge is 0.377 e. The molecule has 6 heteroatoms. The average Bonchev–Trinajstić information content (AvgIpc) is 2.63. The second-order valence-corrected chi connectivity index (χ2v) is 2.45. The van der Waals surface area contributed by atoms with Crippen molar-refractivity contribution in [3.05, 3.63) is 17.5 Å². The second-order valence-electron chi connectivity index (χ2n) is 2.45. The Labute approximate surface area is 80.4 Å². The van der Waals surface area contributed by atoms with E-state index in [0.717, 1.165) is 0 Å².